The van der Waals surface area contributed by atoms with Crippen LogP contribution in [-0.4, -0.2) is 44.0 Å². The highest BCUT2D eigenvalue weighted by atomic mass is 79.9. The van der Waals surface area contributed by atoms with Crippen LogP contribution in [0.2, 0.25) is 0 Å². The van der Waals surface area contributed by atoms with Crippen molar-refractivity contribution in [3.8, 4) is 11.4 Å². The summed E-state index contributed by atoms with van der Waals surface area (Å²) in [4.78, 5) is 30.2. The topological polar surface area (TPSA) is 88.3 Å². The first-order valence-corrected chi connectivity index (χ1v) is 9.33. The minimum atomic E-state index is -0.755. The Labute approximate surface area is 150 Å². The van der Waals surface area contributed by atoms with E-state index in [4.69, 9.17) is 4.52 Å². The largest absolute Gasteiger partial charge is 0.337 e. The van der Waals surface area contributed by atoms with Gasteiger partial charge in [-0.15, -0.1) is 0 Å². The first kappa shape index (κ1) is 15.6. The Morgan fingerprint density at radius 1 is 1.42 bits per heavy atom. The lowest BCUT2D eigenvalue weighted by Crippen LogP contribution is -2.46. The minimum Gasteiger partial charge on any atom is -0.337 e. The molecule has 1 atom stereocenters. The molecular formula is C15H13BrN4O3S. The molecule has 2 saturated heterocycles. The molecule has 2 aliphatic heterocycles. The van der Waals surface area contributed by atoms with Gasteiger partial charge in [-0.1, -0.05) is 33.2 Å². The average Bonchev–Trinajstić information content (AvgIpc) is 3.26. The van der Waals surface area contributed by atoms with Gasteiger partial charge in [-0.25, -0.2) is 4.79 Å². The number of amides is 3. The van der Waals surface area contributed by atoms with Crippen LogP contribution < -0.4 is 5.32 Å². The SMILES string of the molecule is O=C1NC2(CCSC2)C(=O)N1Cc1nc(-c2cccc(Br)c2)no1. The number of hydrogen-bond acceptors (Lipinski definition) is 6. The Morgan fingerprint density at radius 2 is 2.29 bits per heavy atom. The molecule has 4 rings (SSSR count). The maximum absolute atomic E-state index is 12.6. The summed E-state index contributed by atoms with van der Waals surface area (Å²) in [6.07, 6.45) is 0.659. The summed E-state index contributed by atoms with van der Waals surface area (Å²) in [5.41, 5.74) is 0.0368. The first-order chi connectivity index (χ1) is 11.6. The monoisotopic (exact) mass is 408 g/mol. The number of halogens is 1. The van der Waals surface area contributed by atoms with E-state index in [2.05, 4.69) is 31.4 Å². The van der Waals surface area contributed by atoms with E-state index in [9.17, 15) is 9.59 Å². The predicted molar refractivity (Wildman–Crippen MR) is 91.2 cm³/mol. The molecule has 1 aromatic heterocycles. The third-order valence-electron chi connectivity index (χ3n) is 4.11. The molecule has 3 amide bonds. The van der Waals surface area contributed by atoms with E-state index in [0.29, 0.717) is 18.0 Å². The van der Waals surface area contributed by atoms with Crippen LogP contribution in [0.4, 0.5) is 4.79 Å². The van der Waals surface area contributed by atoms with Crippen LogP contribution in [-0.2, 0) is 11.3 Å². The number of urea groups is 1. The van der Waals surface area contributed by atoms with Crippen LogP contribution in [0.25, 0.3) is 11.4 Å². The lowest BCUT2D eigenvalue weighted by Gasteiger charge is -2.18. The number of thioether (sulfide) groups is 1. The molecule has 1 spiro atoms. The molecule has 9 heteroatoms. The summed E-state index contributed by atoms with van der Waals surface area (Å²) in [5.74, 6) is 1.93. The number of carbonyl (C=O) groups is 2. The van der Waals surface area contributed by atoms with Crippen molar-refractivity contribution in [3.63, 3.8) is 0 Å². The summed E-state index contributed by atoms with van der Waals surface area (Å²) >= 11 is 5.06. The van der Waals surface area contributed by atoms with Gasteiger partial charge >= 0.3 is 6.03 Å². The number of rotatable bonds is 3. The fraction of sp³-hybridized carbons (Fsp3) is 0.333. The minimum absolute atomic E-state index is 0.0158. The highest BCUT2D eigenvalue weighted by Gasteiger charge is 2.53. The second kappa shape index (κ2) is 5.89. The van der Waals surface area contributed by atoms with E-state index in [1.807, 2.05) is 24.3 Å². The van der Waals surface area contributed by atoms with Crippen molar-refractivity contribution >= 4 is 39.6 Å². The number of benzene rings is 1. The molecule has 124 valence electrons. The van der Waals surface area contributed by atoms with E-state index in [-0.39, 0.29) is 18.3 Å². The molecule has 0 saturated carbocycles. The summed E-state index contributed by atoms with van der Waals surface area (Å²) in [5, 5.41) is 6.74. The lowest BCUT2D eigenvalue weighted by atomic mass is 9.99. The van der Waals surface area contributed by atoms with Crippen LogP contribution in [0, 0.1) is 0 Å². The summed E-state index contributed by atoms with van der Waals surface area (Å²) in [6.45, 7) is -0.0158. The van der Waals surface area contributed by atoms with Gasteiger partial charge in [0.25, 0.3) is 5.91 Å². The lowest BCUT2D eigenvalue weighted by molar-refractivity contribution is -0.131. The van der Waals surface area contributed by atoms with Crippen molar-refractivity contribution in [2.45, 2.75) is 18.5 Å². The van der Waals surface area contributed by atoms with Gasteiger partial charge < -0.3 is 9.84 Å². The van der Waals surface area contributed by atoms with Gasteiger partial charge in [-0.2, -0.15) is 16.7 Å². The molecule has 2 aromatic rings. The predicted octanol–water partition coefficient (Wildman–Crippen LogP) is 2.43. The zero-order valence-corrected chi connectivity index (χ0v) is 14.9. The molecule has 0 bridgehead atoms. The fourth-order valence-electron chi connectivity index (χ4n) is 2.85. The number of carbonyl (C=O) groups excluding carboxylic acids is 2. The molecular weight excluding hydrogens is 396 g/mol. The number of aromatic nitrogens is 2. The van der Waals surface area contributed by atoms with E-state index in [0.717, 1.165) is 20.7 Å². The molecule has 24 heavy (non-hydrogen) atoms. The standard InChI is InChI=1S/C15H13BrN4O3S/c16-10-3-1-2-9(6-10)12-17-11(23-19-12)7-20-13(21)15(18-14(20)22)4-5-24-8-15/h1-3,6H,4-5,7-8H2,(H,18,22). The van der Waals surface area contributed by atoms with Gasteiger partial charge in [0.2, 0.25) is 11.7 Å². The zero-order valence-electron chi connectivity index (χ0n) is 12.5. The van der Waals surface area contributed by atoms with Gasteiger partial charge in [0.05, 0.1) is 0 Å². The van der Waals surface area contributed by atoms with Crippen LogP contribution in [0.1, 0.15) is 12.3 Å². The van der Waals surface area contributed by atoms with E-state index >= 15 is 0 Å². The van der Waals surface area contributed by atoms with Crippen molar-refractivity contribution in [1.82, 2.24) is 20.4 Å². The van der Waals surface area contributed by atoms with E-state index in [1.54, 1.807) is 11.8 Å². The Kier molecular flexibility index (Phi) is 3.84. The van der Waals surface area contributed by atoms with Crippen molar-refractivity contribution in [2.75, 3.05) is 11.5 Å². The van der Waals surface area contributed by atoms with Crippen molar-refractivity contribution in [2.24, 2.45) is 0 Å². The Hall–Kier alpha value is -1.87. The average molecular weight is 409 g/mol. The van der Waals surface area contributed by atoms with E-state index < -0.39 is 11.6 Å². The van der Waals surface area contributed by atoms with Crippen molar-refractivity contribution in [1.29, 1.82) is 0 Å². The maximum atomic E-state index is 12.6. The Balaban J connectivity index is 1.54. The van der Waals surface area contributed by atoms with Crippen LogP contribution in [0.3, 0.4) is 0 Å². The molecule has 3 heterocycles. The quantitative estimate of drug-likeness (QED) is 0.784. The Morgan fingerprint density at radius 3 is 3.04 bits per heavy atom. The van der Waals surface area contributed by atoms with Crippen molar-refractivity contribution < 1.29 is 14.1 Å². The molecule has 0 aliphatic carbocycles. The van der Waals surface area contributed by atoms with Gasteiger partial charge in [0.15, 0.2) is 0 Å². The fourth-order valence-corrected chi connectivity index (χ4v) is 4.58. The first-order valence-electron chi connectivity index (χ1n) is 7.38. The van der Waals surface area contributed by atoms with Gasteiger partial charge in [0.1, 0.15) is 12.1 Å². The van der Waals surface area contributed by atoms with Gasteiger partial charge in [0, 0.05) is 15.8 Å². The third-order valence-corrected chi connectivity index (χ3v) is 5.79. The van der Waals surface area contributed by atoms with Gasteiger partial charge in [-0.05, 0) is 24.3 Å². The van der Waals surface area contributed by atoms with Crippen molar-refractivity contribution in [3.05, 3.63) is 34.6 Å². The molecule has 7 nitrogen and oxygen atoms in total. The summed E-state index contributed by atoms with van der Waals surface area (Å²) < 4.78 is 6.12. The molecule has 1 unspecified atom stereocenters. The highest BCUT2D eigenvalue weighted by molar-refractivity contribution is 9.10. The molecule has 1 N–H and O–H groups in total. The summed E-state index contributed by atoms with van der Waals surface area (Å²) in [7, 11) is 0. The number of imide groups is 1. The zero-order chi connectivity index (χ0) is 16.7. The number of hydrogen-bond donors (Lipinski definition) is 1. The maximum Gasteiger partial charge on any atom is 0.325 e. The second-order valence-corrected chi connectivity index (χ2v) is 7.75. The number of nitrogens with one attached hydrogen (secondary N) is 1. The smallest absolute Gasteiger partial charge is 0.325 e. The molecule has 2 aliphatic rings. The molecule has 1 aromatic carbocycles. The van der Waals surface area contributed by atoms with Crippen LogP contribution in [0.5, 0.6) is 0 Å². The molecule has 2 fully saturated rings. The van der Waals surface area contributed by atoms with Crippen LogP contribution >= 0.6 is 27.7 Å². The Bertz CT molecular complexity index is 819. The highest BCUT2D eigenvalue weighted by Crippen LogP contribution is 2.34. The van der Waals surface area contributed by atoms with E-state index in [1.165, 1.54) is 0 Å². The summed E-state index contributed by atoms with van der Waals surface area (Å²) in [6, 6.07) is 7.10. The molecule has 0 radical (unpaired) electrons. The second-order valence-electron chi connectivity index (χ2n) is 5.73. The number of nitrogens with zero attached hydrogens (tertiary/aromatic N) is 3. The van der Waals surface area contributed by atoms with Gasteiger partial charge in [-0.3, -0.25) is 9.69 Å². The third kappa shape index (κ3) is 2.61. The normalized spacial score (nSPS) is 23.3. The van der Waals surface area contributed by atoms with Crippen LogP contribution in [0.15, 0.2) is 33.3 Å².